The Morgan fingerprint density at radius 1 is 0.833 bits per heavy atom. The van der Waals surface area contributed by atoms with Gasteiger partial charge in [-0.15, -0.1) is 0 Å². The van der Waals surface area contributed by atoms with Gasteiger partial charge in [0.15, 0.2) is 0 Å². The monoisotopic (exact) mass is 240 g/mol. The lowest BCUT2D eigenvalue weighted by Crippen LogP contribution is -2.10. The SMILES string of the molecule is COc1cccc(-c2cccc(C(C)(C)C)c2)c1. The smallest absolute Gasteiger partial charge is 0.119 e. The third-order valence-corrected chi connectivity index (χ3v) is 3.13. The van der Waals surface area contributed by atoms with Crippen molar-refractivity contribution in [2.45, 2.75) is 26.2 Å². The average molecular weight is 240 g/mol. The number of ether oxygens (including phenoxy) is 1. The molecule has 0 aliphatic rings. The molecular formula is C17H20O. The Morgan fingerprint density at radius 2 is 1.44 bits per heavy atom. The minimum absolute atomic E-state index is 0.175. The predicted octanol–water partition coefficient (Wildman–Crippen LogP) is 4.66. The van der Waals surface area contributed by atoms with Crippen LogP contribution >= 0.6 is 0 Å². The molecule has 0 heterocycles. The largest absolute Gasteiger partial charge is 0.497 e. The Kier molecular flexibility index (Phi) is 3.42. The molecule has 0 aromatic heterocycles. The summed E-state index contributed by atoms with van der Waals surface area (Å²) in [5, 5.41) is 0. The van der Waals surface area contributed by atoms with E-state index < -0.39 is 0 Å². The Morgan fingerprint density at radius 3 is 2.06 bits per heavy atom. The van der Waals surface area contributed by atoms with Crippen LogP contribution in [-0.4, -0.2) is 7.11 Å². The molecule has 2 rings (SSSR count). The maximum atomic E-state index is 5.27. The van der Waals surface area contributed by atoms with Crippen LogP contribution in [0.3, 0.4) is 0 Å². The fourth-order valence-corrected chi connectivity index (χ4v) is 1.97. The number of hydrogen-bond donors (Lipinski definition) is 0. The number of benzene rings is 2. The quantitative estimate of drug-likeness (QED) is 0.741. The molecule has 0 saturated heterocycles. The van der Waals surface area contributed by atoms with E-state index in [4.69, 9.17) is 4.74 Å². The number of methoxy groups -OCH3 is 1. The highest BCUT2D eigenvalue weighted by atomic mass is 16.5. The van der Waals surface area contributed by atoms with E-state index in [0.717, 1.165) is 5.75 Å². The zero-order chi connectivity index (χ0) is 13.2. The van der Waals surface area contributed by atoms with Crippen LogP contribution in [0.4, 0.5) is 0 Å². The van der Waals surface area contributed by atoms with Gasteiger partial charge < -0.3 is 4.74 Å². The van der Waals surface area contributed by atoms with E-state index in [0.29, 0.717) is 0 Å². The molecule has 1 heteroatoms. The van der Waals surface area contributed by atoms with Gasteiger partial charge in [0.2, 0.25) is 0 Å². The van der Waals surface area contributed by atoms with Crippen molar-refractivity contribution in [3.8, 4) is 16.9 Å². The van der Waals surface area contributed by atoms with Gasteiger partial charge in [-0.3, -0.25) is 0 Å². The van der Waals surface area contributed by atoms with E-state index in [1.165, 1.54) is 16.7 Å². The predicted molar refractivity (Wildman–Crippen MR) is 77.1 cm³/mol. The van der Waals surface area contributed by atoms with Crippen molar-refractivity contribution >= 4 is 0 Å². The van der Waals surface area contributed by atoms with Gasteiger partial charge in [0.1, 0.15) is 5.75 Å². The molecule has 94 valence electrons. The van der Waals surface area contributed by atoms with E-state index in [-0.39, 0.29) is 5.41 Å². The molecule has 0 saturated carbocycles. The molecule has 18 heavy (non-hydrogen) atoms. The van der Waals surface area contributed by atoms with E-state index >= 15 is 0 Å². The molecule has 0 bridgehead atoms. The van der Waals surface area contributed by atoms with Gasteiger partial charge >= 0.3 is 0 Å². The van der Waals surface area contributed by atoms with Crippen LogP contribution in [0.2, 0.25) is 0 Å². The molecule has 0 unspecified atom stereocenters. The van der Waals surface area contributed by atoms with Crippen molar-refractivity contribution in [1.29, 1.82) is 0 Å². The van der Waals surface area contributed by atoms with Gasteiger partial charge in [-0.25, -0.2) is 0 Å². The molecule has 0 aliphatic heterocycles. The van der Waals surface area contributed by atoms with Crippen LogP contribution in [0.1, 0.15) is 26.3 Å². The first kappa shape index (κ1) is 12.7. The van der Waals surface area contributed by atoms with Crippen LogP contribution in [0.25, 0.3) is 11.1 Å². The second-order valence-electron chi connectivity index (χ2n) is 5.56. The first-order valence-corrected chi connectivity index (χ1v) is 6.26. The highest BCUT2D eigenvalue weighted by Gasteiger charge is 2.13. The molecule has 0 amide bonds. The van der Waals surface area contributed by atoms with E-state index in [1.807, 2.05) is 12.1 Å². The van der Waals surface area contributed by atoms with E-state index in [9.17, 15) is 0 Å². The summed E-state index contributed by atoms with van der Waals surface area (Å²) in [6.07, 6.45) is 0. The lowest BCUT2D eigenvalue weighted by Gasteiger charge is -2.19. The van der Waals surface area contributed by atoms with Crippen molar-refractivity contribution in [1.82, 2.24) is 0 Å². The number of hydrogen-bond acceptors (Lipinski definition) is 1. The van der Waals surface area contributed by atoms with Gasteiger partial charge in [-0.1, -0.05) is 57.2 Å². The number of rotatable bonds is 2. The van der Waals surface area contributed by atoms with Crippen molar-refractivity contribution in [2.75, 3.05) is 7.11 Å². The maximum absolute atomic E-state index is 5.27. The van der Waals surface area contributed by atoms with E-state index in [2.05, 4.69) is 57.2 Å². The van der Waals surface area contributed by atoms with Gasteiger partial charge in [-0.2, -0.15) is 0 Å². The Labute approximate surface area is 109 Å². The normalized spacial score (nSPS) is 11.3. The van der Waals surface area contributed by atoms with Crippen LogP contribution < -0.4 is 4.74 Å². The third-order valence-electron chi connectivity index (χ3n) is 3.13. The van der Waals surface area contributed by atoms with Gasteiger partial charge in [0.05, 0.1) is 7.11 Å². The maximum Gasteiger partial charge on any atom is 0.119 e. The van der Waals surface area contributed by atoms with Gasteiger partial charge in [0, 0.05) is 0 Å². The standard InChI is InChI=1S/C17H20O/c1-17(2,3)15-9-5-7-13(11-15)14-8-6-10-16(12-14)18-4/h5-12H,1-4H3. The summed E-state index contributed by atoms with van der Waals surface area (Å²) >= 11 is 0. The summed E-state index contributed by atoms with van der Waals surface area (Å²) in [5.74, 6) is 0.897. The van der Waals surface area contributed by atoms with Crippen molar-refractivity contribution in [3.63, 3.8) is 0 Å². The molecular weight excluding hydrogens is 220 g/mol. The Bertz CT molecular complexity index is 535. The summed E-state index contributed by atoms with van der Waals surface area (Å²) < 4.78 is 5.27. The Hall–Kier alpha value is -1.76. The highest BCUT2D eigenvalue weighted by Crippen LogP contribution is 2.29. The van der Waals surface area contributed by atoms with Crippen LogP contribution in [-0.2, 0) is 5.41 Å². The molecule has 1 nitrogen and oxygen atoms in total. The minimum atomic E-state index is 0.175. The lowest BCUT2D eigenvalue weighted by atomic mass is 9.85. The Balaban J connectivity index is 2.44. The zero-order valence-corrected chi connectivity index (χ0v) is 11.5. The molecule has 2 aromatic carbocycles. The summed E-state index contributed by atoms with van der Waals surface area (Å²) in [4.78, 5) is 0. The molecule has 0 atom stereocenters. The van der Waals surface area contributed by atoms with Crippen molar-refractivity contribution < 1.29 is 4.74 Å². The van der Waals surface area contributed by atoms with Gasteiger partial charge in [0.25, 0.3) is 0 Å². The second-order valence-corrected chi connectivity index (χ2v) is 5.56. The summed E-state index contributed by atoms with van der Waals surface area (Å²) in [6.45, 7) is 6.70. The summed E-state index contributed by atoms with van der Waals surface area (Å²) in [7, 11) is 1.70. The second kappa shape index (κ2) is 4.85. The van der Waals surface area contributed by atoms with Crippen LogP contribution in [0.5, 0.6) is 5.75 Å². The summed E-state index contributed by atoms with van der Waals surface area (Å²) in [6, 6.07) is 16.9. The van der Waals surface area contributed by atoms with Crippen LogP contribution in [0, 0.1) is 0 Å². The molecule has 0 radical (unpaired) electrons. The molecule has 0 N–H and O–H groups in total. The highest BCUT2D eigenvalue weighted by molar-refractivity contribution is 5.66. The first-order chi connectivity index (χ1) is 8.50. The molecule has 2 aromatic rings. The third kappa shape index (κ3) is 2.73. The zero-order valence-electron chi connectivity index (χ0n) is 11.5. The van der Waals surface area contributed by atoms with Gasteiger partial charge in [-0.05, 0) is 34.2 Å². The topological polar surface area (TPSA) is 9.23 Å². The molecule has 0 fully saturated rings. The van der Waals surface area contributed by atoms with Crippen molar-refractivity contribution in [3.05, 3.63) is 54.1 Å². The van der Waals surface area contributed by atoms with Crippen molar-refractivity contribution in [2.24, 2.45) is 0 Å². The first-order valence-electron chi connectivity index (χ1n) is 6.26. The average Bonchev–Trinajstić information content (AvgIpc) is 2.38. The fourth-order valence-electron chi connectivity index (χ4n) is 1.97. The summed E-state index contributed by atoms with van der Waals surface area (Å²) in [5.41, 5.74) is 3.96. The fraction of sp³-hybridized carbons (Fsp3) is 0.294. The molecule has 0 spiro atoms. The lowest BCUT2D eigenvalue weighted by molar-refractivity contribution is 0.415. The van der Waals surface area contributed by atoms with Crippen LogP contribution in [0.15, 0.2) is 48.5 Å². The molecule has 0 aliphatic carbocycles. The minimum Gasteiger partial charge on any atom is -0.497 e. The van der Waals surface area contributed by atoms with E-state index in [1.54, 1.807) is 7.11 Å².